The fraction of sp³-hybridized carbons (Fsp3) is 0.280. The molecule has 5 heteroatoms. The van der Waals surface area contributed by atoms with Crippen LogP contribution in [0.3, 0.4) is 0 Å². The van der Waals surface area contributed by atoms with Gasteiger partial charge in [-0.1, -0.05) is 36.4 Å². The highest BCUT2D eigenvalue weighted by atomic mass is 16.5. The van der Waals surface area contributed by atoms with Crippen molar-refractivity contribution >= 4 is 11.7 Å². The molecule has 5 nitrogen and oxygen atoms in total. The Labute approximate surface area is 177 Å². The summed E-state index contributed by atoms with van der Waals surface area (Å²) in [6.07, 6.45) is 5.50. The van der Waals surface area contributed by atoms with Crippen molar-refractivity contribution in [2.45, 2.75) is 32.4 Å². The molecule has 4 rings (SSSR count). The lowest BCUT2D eigenvalue weighted by atomic mass is 10.1. The third-order valence-electron chi connectivity index (χ3n) is 5.33. The zero-order chi connectivity index (χ0) is 20.6. The molecule has 30 heavy (non-hydrogen) atoms. The summed E-state index contributed by atoms with van der Waals surface area (Å²) >= 11 is 0. The fourth-order valence-corrected chi connectivity index (χ4v) is 3.67. The second-order valence-electron chi connectivity index (χ2n) is 7.52. The van der Waals surface area contributed by atoms with Crippen LogP contribution in [0, 0.1) is 0 Å². The molecule has 0 spiro atoms. The topological polar surface area (TPSA) is 54.5 Å². The first-order valence-electron chi connectivity index (χ1n) is 10.5. The number of para-hydroxylation sites is 1. The zero-order valence-electron chi connectivity index (χ0n) is 17.1. The van der Waals surface area contributed by atoms with Crippen molar-refractivity contribution in [3.63, 3.8) is 0 Å². The average Bonchev–Trinajstić information content (AvgIpc) is 2.83. The van der Waals surface area contributed by atoms with E-state index in [2.05, 4.69) is 15.2 Å². The molecule has 0 radical (unpaired) electrons. The van der Waals surface area contributed by atoms with Gasteiger partial charge in [-0.25, -0.2) is 4.98 Å². The van der Waals surface area contributed by atoms with Gasteiger partial charge in [0.05, 0.1) is 0 Å². The Morgan fingerprint density at radius 1 is 0.933 bits per heavy atom. The van der Waals surface area contributed by atoms with E-state index in [1.807, 2.05) is 72.9 Å². The number of carbonyl (C=O) groups excluding carboxylic acids is 1. The summed E-state index contributed by atoms with van der Waals surface area (Å²) in [5, 5.41) is 3.04. The number of aromatic nitrogens is 1. The molecule has 0 unspecified atom stereocenters. The highest BCUT2D eigenvalue weighted by Crippen LogP contribution is 2.21. The maximum absolute atomic E-state index is 12.6. The van der Waals surface area contributed by atoms with Crippen molar-refractivity contribution in [1.82, 2.24) is 10.3 Å². The molecule has 2 heterocycles. The number of benzene rings is 2. The fourth-order valence-electron chi connectivity index (χ4n) is 3.67. The summed E-state index contributed by atoms with van der Waals surface area (Å²) in [5.41, 5.74) is 2.72. The normalized spacial score (nSPS) is 13.7. The summed E-state index contributed by atoms with van der Waals surface area (Å²) in [6, 6.07) is 21.2. The van der Waals surface area contributed by atoms with E-state index in [9.17, 15) is 4.79 Å². The van der Waals surface area contributed by atoms with Crippen molar-refractivity contribution in [3.8, 4) is 5.75 Å². The van der Waals surface area contributed by atoms with Crippen molar-refractivity contribution < 1.29 is 9.53 Å². The molecule has 2 aromatic carbocycles. The number of hydrogen-bond donors (Lipinski definition) is 1. The minimum absolute atomic E-state index is 0.0843. The molecule has 1 aromatic heterocycles. The Hall–Kier alpha value is -3.34. The van der Waals surface area contributed by atoms with E-state index in [-0.39, 0.29) is 5.91 Å². The molecule has 154 valence electrons. The Bertz CT molecular complexity index is 952. The number of amides is 1. The predicted octanol–water partition coefficient (Wildman–Crippen LogP) is 4.58. The summed E-state index contributed by atoms with van der Waals surface area (Å²) < 4.78 is 5.76. The van der Waals surface area contributed by atoms with Gasteiger partial charge in [-0.15, -0.1) is 0 Å². The van der Waals surface area contributed by atoms with Crippen LogP contribution in [0.25, 0.3) is 0 Å². The molecule has 3 aromatic rings. The van der Waals surface area contributed by atoms with Gasteiger partial charge in [-0.05, 0) is 55.2 Å². The molecule has 1 fully saturated rings. The third kappa shape index (κ3) is 5.17. The number of anilines is 1. The van der Waals surface area contributed by atoms with Crippen LogP contribution in [0.2, 0.25) is 0 Å². The average molecular weight is 402 g/mol. The van der Waals surface area contributed by atoms with E-state index in [0.29, 0.717) is 18.7 Å². The van der Waals surface area contributed by atoms with Crippen molar-refractivity contribution in [2.75, 3.05) is 18.0 Å². The molecule has 0 bridgehead atoms. The number of rotatable bonds is 7. The molecule has 0 atom stereocenters. The molecular formula is C25H27N3O2. The van der Waals surface area contributed by atoms with Crippen LogP contribution >= 0.6 is 0 Å². The number of piperidine rings is 1. The van der Waals surface area contributed by atoms with Crippen LogP contribution in [0.5, 0.6) is 5.75 Å². The van der Waals surface area contributed by atoms with Gasteiger partial charge in [0.1, 0.15) is 18.2 Å². The quantitative estimate of drug-likeness (QED) is 0.630. The van der Waals surface area contributed by atoms with E-state index in [1.54, 1.807) is 0 Å². The van der Waals surface area contributed by atoms with Gasteiger partial charge >= 0.3 is 0 Å². The van der Waals surface area contributed by atoms with E-state index < -0.39 is 0 Å². The molecule has 1 amide bonds. The summed E-state index contributed by atoms with van der Waals surface area (Å²) in [4.78, 5) is 19.5. The van der Waals surface area contributed by atoms with Crippen LogP contribution in [0.4, 0.5) is 5.82 Å². The smallest absolute Gasteiger partial charge is 0.251 e. The first kappa shape index (κ1) is 20.0. The molecule has 0 saturated carbocycles. The SMILES string of the molecule is O=C(NCc1cccnc1N1CCCCC1)c1ccc(COc2ccccc2)cc1. The number of hydrogen-bond acceptors (Lipinski definition) is 4. The van der Waals surface area contributed by atoms with Gasteiger partial charge in [0.25, 0.3) is 5.91 Å². The Kier molecular flexibility index (Phi) is 6.60. The van der Waals surface area contributed by atoms with E-state index in [4.69, 9.17) is 4.74 Å². The predicted molar refractivity (Wildman–Crippen MR) is 119 cm³/mol. The Morgan fingerprint density at radius 3 is 2.47 bits per heavy atom. The summed E-state index contributed by atoms with van der Waals surface area (Å²) in [7, 11) is 0. The van der Waals surface area contributed by atoms with Gasteiger partial charge in [0, 0.05) is 37.0 Å². The molecule has 1 aliphatic rings. The molecule has 0 aliphatic carbocycles. The lowest BCUT2D eigenvalue weighted by Gasteiger charge is -2.29. The molecule has 1 saturated heterocycles. The number of ether oxygens (including phenoxy) is 1. The van der Waals surface area contributed by atoms with Gasteiger partial charge in [0.2, 0.25) is 0 Å². The number of nitrogens with zero attached hydrogens (tertiary/aromatic N) is 2. The Morgan fingerprint density at radius 2 is 1.70 bits per heavy atom. The first-order valence-corrected chi connectivity index (χ1v) is 10.5. The standard InChI is InChI=1S/C25H27N3O2/c29-25(21-13-11-20(12-14-21)19-30-23-9-3-1-4-10-23)27-18-22-8-7-15-26-24(22)28-16-5-2-6-17-28/h1,3-4,7-15H,2,5-6,16-19H2,(H,27,29). The van der Waals surface area contributed by atoms with Crippen LogP contribution < -0.4 is 15.0 Å². The van der Waals surface area contributed by atoms with E-state index in [1.165, 1.54) is 19.3 Å². The minimum atomic E-state index is -0.0843. The maximum atomic E-state index is 12.6. The van der Waals surface area contributed by atoms with Gasteiger partial charge in [-0.2, -0.15) is 0 Å². The zero-order valence-corrected chi connectivity index (χ0v) is 17.1. The third-order valence-corrected chi connectivity index (χ3v) is 5.33. The van der Waals surface area contributed by atoms with Crippen LogP contribution in [-0.2, 0) is 13.2 Å². The first-order chi connectivity index (χ1) is 14.8. The van der Waals surface area contributed by atoms with Crippen LogP contribution in [0.1, 0.15) is 40.7 Å². The lowest BCUT2D eigenvalue weighted by Crippen LogP contribution is -2.32. The number of carbonyl (C=O) groups is 1. The van der Waals surface area contributed by atoms with Crippen molar-refractivity contribution in [1.29, 1.82) is 0 Å². The van der Waals surface area contributed by atoms with Gasteiger partial charge < -0.3 is 15.0 Å². The lowest BCUT2D eigenvalue weighted by molar-refractivity contribution is 0.0951. The van der Waals surface area contributed by atoms with E-state index >= 15 is 0 Å². The van der Waals surface area contributed by atoms with Crippen molar-refractivity contribution in [3.05, 3.63) is 89.6 Å². The van der Waals surface area contributed by atoms with Gasteiger partial charge in [-0.3, -0.25) is 4.79 Å². The maximum Gasteiger partial charge on any atom is 0.251 e. The van der Waals surface area contributed by atoms with E-state index in [0.717, 1.165) is 35.8 Å². The summed E-state index contributed by atoms with van der Waals surface area (Å²) in [5.74, 6) is 1.74. The van der Waals surface area contributed by atoms with Crippen LogP contribution in [-0.4, -0.2) is 24.0 Å². The highest BCUT2D eigenvalue weighted by Gasteiger charge is 2.16. The summed E-state index contributed by atoms with van der Waals surface area (Å²) in [6.45, 7) is 3.01. The molecule has 1 aliphatic heterocycles. The largest absolute Gasteiger partial charge is 0.489 e. The number of pyridine rings is 1. The second kappa shape index (κ2) is 9.92. The van der Waals surface area contributed by atoms with Gasteiger partial charge in [0.15, 0.2) is 0 Å². The number of nitrogens with one attached hydrogen (secondary N) is 1. The second-order valence-corrected chi connectivity index (χ2v) is 7.52. The molecular weight excluding hydrogens is 374 g/mol. The molecule has 1 N–H and O–H groups in total. The van der Waals surface area contributed by atoms with Crippen molar-refractivity contribution in [2.24, 2.45) is 0 Å². The highest BCUT2D eigenvalue weighted by molar-refractivity contribution is 5.94. The monoisotopic (exact) mass is 401 g/mol. The minimum Gasteiger partial charge on any atom is -0.489 e. The van der Waals surface area contributed by atoms with Crippen LogP contribution in [0.15, 0.2) is 72.9 Å². The Balaban J connectivity index is 1.33.